The van der Waals surface area contributed by atoms with Crippen LogP contribution in [0, 0.1) is 5.92 Å². The van der Waals surface area contributed by atoms with Gasteiger partial charge in [-0.3, -0.25) is 4.79 Å². The molecule has 0 bridgehead atoms. The number of hydrazone groups is 1. The zero-order valence-electron chi connectivity index (χ0n) is 10.4. The Kier molecular flexibility index (Phi) is 4.53. The van der Waals surface area contributed by atoms with Crippen molar-refractivity contribution in [2.75, 3.05) is 0 Å². The number of nitrogens with one attached hydrogen (secondary N) is 1. The number of carbonyl (C=O) groups is 1. The molecule has 2 rings (SSSR count). The van der Waals surface area contributed by atoms with Crippen molar-refractivity contribution in [2.24, 2.45) is 11.0 Å². The van der Waals surface area contributed by atoms with Gasteiger partial charge >= 0.3 is 0 Å². The van der Waals surface area contributed by atoms with Gasteiger partial charge in [0, 0.05) is 15.7 Å². The molecule has 1 saturated carbocycles. The molecule has 0 aromatic heterocycles. The largest absolute Gasteiger partial charge is 0.271 e. The summed E-state index contributed by atoms with van der Waals surface area (Å²) in [5.74, 6) is 0.530. The summed E-state index contributed by atoms with van der Waals surface area (Å²) in [5, 5.41) is 4.24. The molecule has 1 unspecified atom stereocenters. The van der Waals surface area contributed by atoms with Gasteiger partial charge in [-0.1, -0.05) is 28.9 Å². The fourth-order valence-corrected chi connectivity index (χ4v) is 2.59. The van der Waals surface area contributed by atoms with Crippen LogP contribution in [0.5, 0.6) is 0 Å². The normalized spacial score (nSPS) is 21.9. The Balaban J connectivity index is 1.97. The van der Waals surface area contributed by atoms with Gasteiger partial charge < -0.3 is 0 Å². The van der Waals surface area contributed by atoms with Gasteiger partial charge in [-0.2, -0.15) is 5.10 Å². The summed E-state index contributed by atoms with van der Waals surface area (Å²) in [4.78, 5) is 11.9. The van der Waals surface area contributed by atoms with Crippen LogP contribution < -0.4 is 5.43 Å². The topological polar surface area (TPSA) is 41.5 Å². The van der Waals surface area contributed by atoms with Gasteiger partial charge in [0.1, 0.15) is 0 Å². The molecule has 0 radical (unpaired) electrons. The summed E-state index contributed by atoms with van der Waals surface area (Å²) in [7, 11) is 0. The molecule has 1 N–H and O–H groups in total. The molecule has 0 saturated heterocycles. The van der Waals surface area contributed by atoms with Crippen LogP contribution in [0.1, 0.15) is 43.0 Å². The molecule has 18 heavy (non-hydrogen) atoms. The number of carbonyl (C=O) groups excluding carboxylic acids is 1. The molecule has 0 heterocycles. The third-order valence-electron chi connectivity index (χ3n) is 3.15. The zero-order valence-corrected chi connectivity index (χ0v) is 12.0. The van der Waals surface area contributed by atoms with Crippen molar-refractivity contribution in [1.82, 2.24) is 5.43 Å². The van der Waals surface area contributed by atoms with Crippen LogP contribution in [-0.2, 0) is 0 Å². The Hall–Kier alpha value is -1.16. The third kappa shape index (κ3) is 3.67. The third-order valence-corrected chi connectivity index (χ3v) is 3.64. The second-order valence-corrected chi connectivity index (χ2v) is 5.75. The smallest absolute Gasteiger partial charge is 0.267 e. The van der Waals surface area contributed by atoms with Crippen molar-refractivity contribution in [2.45, 2.75) is 32.6 Å². The summed E-state index contributed by atoms with van der Waals surface area (Å²) in [6.45, 7) is 2.23. The van der Waals surface area contributed by atoms with E-state index in [1.165, 1.54) is 12.8 Å². The van der Waals surface area contributed by atoms with Gasteiger partial charge in [-0.15, -0.1) is 0 Å². The van der Waals surface area contributed by atoms with Crippen molar-refractivity contribution < 1.29 is 4.79 Å². The lowest BCUT2D eigenvalue weighted by molar-refractivity contribution is 0.0954. The quantitative estimate of drug-likeness (QED) is 0.831. The summed E-state index contributed by atoms with van der Waals surface area (Å²) in [6.07, 6.45) is 4.44. The molecule has 1 amide bonds. The fraction of sp³-hybridized carbons (Fsp3) is 0.429. The fourth-order valence-electron chi connectivity index (χ4n) is 2.19. The SMILES string of the molecule is CC1CCC/C(=N\NC(=O)c2cccc(Br)c2)C1. The number of rotatable bonds is 2. The summed E-state index contributed by atoms with van der Waals surface area (Å²) >= 11 is 3.35. The number of benzene rings is 1. The molecule has 4 heteroatoms. The van der Waals surface area contributed by atoms with Gasteiger partial charge in [0.15, 0.2) is 0 Å². The van der Waals surface area contributed by atoms with Gasteiger partial charge in [-0.05, 0) is 49.8 Å². The van der Waals surface area contributed by atoms with Crippen LogP contribution in [-0.4, -0.2) is 11.6 Å². The highest BCUT2D eigenvalue weighted by atomic mass is 79.9. The Morgan fingerprint density at radius 1 is 1.50 bits per heavy atom. The van der Waals surface area contributed by atoms with Crippen LogP contribution in [0.15, 0.2) is 33.8 Å². The van der Waals surface area contributed by atoms with E-state index in [0.29, 0.717) is 11.5 Å². The van der Waals surface area contributed by atoms with Crippen molar-refractivity contribution >= 4 is 27.5 Å². The first-order valence-electron chi connectivity index (χ1n) is 6.26. The van der Waals surface area contributed by atoms with E-state index >= 15 is 0 Å². The minimum atomic E-state index is -0.151. The molecule has 1 aliphatic rings. The van der Waals surface area contributed by atoms with E-state index in [4.69, 9.17) is 0 Å². The second kappa shape index (κ2) is 6.14. The van der Waals surface area contributed by atoms with Crippen LogP contribution in [0.3, 0.4) is 0 Å². The van der Waals surface area contributed by atoms with Gasteiger partial charge in [0.25, 0.3) is 5.91 Å². The van der Waals surface area contributed by atoms with E-state index in [1.807, 2.05) is 12.1 Å². The lowest BCUT2D eigenvalue weighted by atomic mass is 9.89. The molecule has 3 nitrogen and oxygen atoms in total. The molecule has 0 aliphatic heterocycles. The predicted molar refractivity (Wildman–Crippen MR) is 76.7 cm³/mol. The average molecular weight is 309 g/mol. The number of hydrogen-bond acceptors (Lipinski definition) is 2. The standard InChI is InChI=1S/C14H17BrN2O/c1-10-4-2-7-13(8-10)16-17-14(18)11-5-3-6-12(15)9-11/h3,5-6,9-10H,2,4,7-8H2,1H3,(H,17,18)/b16-13+. The number of halogens is 1. The first-order valence-corrected chi connectivity index (χ1v) is 7.06. The van der Waals surface area contributed by atoms with E-state index in [9.17, 15) is 4.79 Å². The molecular weight excluding hydrogens is 292 g/mol. The van der Waals surface area contributed by atoms with Gasteiger partial charge in [-0.25, -0.2) is 5.43 Å². The highest BCUT2D eigenvalue weighted by Gasteiger charge is 2.14. The summed E-state index contributed by atoms with van der Waals surface area (Å²) in [6, 6.07) is 7.31. The minimum Gasteiger partial charge on any atom is -0.267 e. The molecule has 96 valence electrons. The summed E-state index contributed by atoms with van der Waals surface area (Å²) in [5.41, 5.74) is 4.38. The van der Waals surface area contributed by atoms with E-state index < -0.39 is 0 Å². The maximum Gasteiger partial charge on any atom is 0.271 e. The lowest BCUT2D eigenvalue weighted by Crippen LogP contribution is -2.22. The Morgan fingerprint density at radius 2 is 2.33 bits per heavy atom. The van der Waals surface area contributed by atoms with Crippen molar-refractivity contribution in [1.29, 1.82) is 0 Å². The Bertz CT molecular complexity index is 471. The molecule has 1 aromatic carbocycles. The van der Waals surface area contributed by atoms with Crippen molar-refractivity contribution in [3.63, 3.8) is 0 Å². The van der Waals surface area contributed by atoms with Gasteiger partial charge in [0.05, 0.1) is 0 Å². The van der Waals surface area contributed by atoms with Crippen molar-refractivity contribution in [3.8, 4) is 0 Å². The van der Waals surface area contributed by atoms with Gasteiger partial charge in [0.2, 0.25) is 0 Å². The van der Waals surface area contributed by atoms with Crippen molar-refractivity contribution in [3.05, 3.63) is 34.3 Å². The molecule has 1 aromatic rings. The van der Waals surface area contributed by atoms with E-state index in [1.54, 1.807) is 12.1 Å². The minimum absolute atomic E-state index is 0.151. The maximum atomic E-state index is 11.9. The number of amides is 1. The number of hydrogen-bond donors (Lipinski definition) is 1. The highest BCUT2D eigenvalue weighted by molar-refractivity contribution is 9.10. The summed E-state index contributed by atoms with van der Waals surface area (Å²) < 4.78 is 0.897. The van der Waals surface area contributed by atoms with Crippen LogP contribution >= 0.6 is 15.9 Å². The average Bonchev–Trinajstić information content (AvgIpc) is 2.36. The monoisotopic (exact) mass is 308 g/mol. The lowest BCUT2D eigenvalue weighted by Gasteiger charge is -2.18. The van der Waals surface area contributed by atoms with E-state index in [2.05, 4.69) is 33.4 Å². The second-order valence-electron chi connectivity index (χ2n) is 4.83. The predicted octanol–water partition coefficient (Wildman–Crippen LogP) is 3.75. The van der Waals surface area contributed by atoms with E-state index in [0.717, 1.165) is 23.0 Å². The Labute approximate surface area is 116 Å². The number of nitrogens with zero attached hydrogens (tertiary/aromatic N) is 1. The molecular formula is C14H17BrN2O. The molecule has 1 atom stereocenters. The Morgan fingerprint density at radius 3 is 3.06 bits per heavy atom. The highest BCUT2D eigenvalue weighted by Crippen LogP contribution is 2.21. The van der Waals surface area contributed by atoms with Crippen LogP contribution in [0.4, 0.5) is 0 Å². The van der Waals surface area contributed by atoms with Crippen LogP contribution in [0.2, 0.25) is 0 Å². The van der Waals surface area contributed by atoms with Crippen LogP contribution in [0.25, 0.3) is 0 Å². The first-order chi connectivity index (χ1) is 8.65. The molecule has 1 aliphatic carbocycles. The first kappa shape index (κ1) is 13.3. The molecule has 0 spiro atoms. The molecule has 1 fully saturated rings. The maximum absolute atomic E-state index is 11.9. The zero-order chi connectivity index (χ0) is 13.0. The van der Waals surface area contributed by atoms with E-state index in [-0.39, 0.29) is 5.91 Å².